The van der Waals surface area contributed by atoms with E-state index in [4.69, 9.17) is 4.74 Å². The predicted molar refractivity (Wildman–Crippen MR) is 123 cm³/mol. The topological polar surface area (TPSA) is 15.7 Å². The molecule has 0 saturated carbocycles. The fourth-order valence-corrected chi connectivity index (χ4v) is 6.34. The van der Waals surface area contributed by atoms with E-state index in [2.05, 4.69) is 44.5 Å². The van der Waals surface area contributed by atoms with Crippen molar-refractivity contribution in [3.05, 3.63) is 0 Å². The Hall–Kier alpha value is -0.160. The molecule has 29 heavy (non-hydrogen) atoms. The molecule has 3 aliphatic heterocycles. The molecule has 0 radical (unpaired) electrons. The van der Waals surface area contributed by atoms with Crippen molar-refractivity contribution >= 4 is 0 Å². The number of rotatable bonds is 9. The zero-order valence-corrected chi connectivity index (χ0v) is 20.3. The van der Waals surface area contributed by atoms with Crippen molar-refractivity contribution in [1.82, 2.24) is 9.91 Å². The third-order valence-electron chi connectivity index (χ3n) is 8.34. The van der Waals surface area contributed by atoms with Gasteiger partial charge in [0.1, 0.15) is 0 Å². The summed E-state index contributed by atoms with van der Waals surface area (Å²) in [4.78, 5) is 2.65. The molecule has 0 amide bonds. The first-order chi connectivity index (χ1) is 13.9. The Morgan fingerprint density at radius 3 is 2.38 bits per heavy atom. The third kappa shape index (κ3) is 5.56. The number of quaternary nitrogens is 1. The van der Waals surface area contributed by atoms with E-state index < -0.39 is 0 Å². The smallest absolute Gasteiger partial charge is 0.212 e. The minimum atomic E-state index is 0.395. The number of hydrogen-bond acceptors (Lipinski definition) is 3. The average molecular weight is 409 g/mol. The summed E-state index contributed by atoms with van der Waals surface area (Å²) in [6.07, 6.45) is 12.5. The fourth-order valence-electron chi connectivity index (χ4n) is 6.34. The van der Waals surface area contributed by atoms with Gasteiger partial charge in [-0.15, -0.1) is 5.01 Å². The molecule has 0 aromatic carbocycles. The molecule has 0 N–H and O–H groups in total. The minimum Gasteiger partial charge on any atom is -0.326 e. The first-order valence-electron chi connectivity index (χ1n) is 12.9. The molecule has 0 bridgehead atoms. The number of likely N-dealkylation sites (tertiary alicyclic amines) is 1. The van der Waals surface area contributed by atoms with Gasteiger partial charge in [0.2, 0.25) is 6.23 Å². The van der Waals surface area contributed by atoms with Crippen molar-refractivity contribution in [3.8, 4) is 0 Å². The lowest BCUT2D eigenvalue weighted by Gasteiger charge is -2.46. The van der Waals surface area contributed by atoms with Gasteiger partial charge >= 0.3 is 0 Å². The Labute approximate surface area is 181 Å². The van der Waals surface area contributed by atoms with Gasteiger partial charge < -0.3 is 9.64 Å². The summed E-state index contributed by atoms with van der Waals surface area (Å²) in [5.74, 6) is 0.883. The summed E-state index contributed by atoms with van der Waals surface area (Å²) in [5, 5.41) is 2.85. The van der Waals surface area contributed by atoms with Gasteiger partial charge in [-0.05, 0) is 69.9 Å². The van der Waals surface area contributed by atoms with Crippen LogP contribution in [0.5, 0.6) is 0 Å². The molecular weight excluding hydrogens is 358 g/mol. The lowest BCUT2D eigenvalue weighted by molar-refractivity contribution is -1.06. The largest absolute Gasteiger partial charge is 0.326 e. The molecule has 3 atom stereocenters. The predicted octanol–water partition coefficient (Wildman–Crippen LogP) is 5.29. The van der Waals surface area contributed by atoms with E-state index in [0.717, 1.165) is 29.7 Å². The van der Waals surface area contributed by atoms with Gasteiger partial charge in [0, 0.05) is 19.5 Å². The van der Waals surface area contributed by atoms with Gasteiger partial charge in [-0.25, -0.2) is 4.59 Å². The van der Waals surface area contributed by atoms with Gasteiger partial charge in [0.15, 0.2) is 0 Å². The zero-order valence-electron chi connectivity index (χ0n) is 20.3. The van der Waals surface area contributed by atoms with Crippen molar-refractivity contribution in [2.24, 2.45) is 11.3 Å². The van der Waals surface area contributed by atoms with Gasteiger partial charge in [-0.1, -0.05) is 40.5 Å². The highest BCUT2D eigenvalue weighted by Crippen LogP contribution is 2.39. The molecule has 170 valence electrons. The second kappa shape index (κ2) is 10.4. The zero-order chi connectivity index (χ0) is 20.9. The van der Waals surface area contributed by atoms with Gasteiger partial charge in [0.25, 0.3) is 0 Å². The molecule has 3 aliphatic rings. The first kappa shape index (κ1) is 23.5. The van der Waals surface area contributed by atoms with Gasteiger partial charge in [-0.3, -0.25) is 0 Å². The lowest BCUT2D eigenvalue weighted by Crippen LogP contribution is -2.63. The summed E-state index contributed by atoms with van der Waals surface area (Å²) in [6, 6.07) is 0.762. The molecule has 3 rings (SSSR count). The van der Waals surface area contributed by atoms with E-state index >= 15 is 0 Å². The summed E-state index contributed by atoms with van der Waals surface area (Å²) >= 11 is 0. The average Bonchev–Trinajstić information content (AvgIpc) is 3.02. The van der Waals surface area contributed by atoms with Crippen LogP contribution >= 0.6 is 0 Å². The Kier molecular flexibility index (Phi) is 8.46. The molecule has 0 aromatic heterocycles. The Bertz CT molecular complexity index is 483. The van der Waals surface area contributed by atoms with Crippen LogP contribution in [-0.4, -0.2) is 72.6 Å². The van der Waals surface area contributed by atoms with E-state index in [1.54, 1.807) is 0 Å². The number of piperidine rings is 2. The number of nitrogens with zero attached hydrogens (tertiary/aromatic N) is 3. The highest BCUT2D eigenvalue weighted by atomic mass is 16.5. The van der Waals surface area contributed by atoms with Crippen LogP contribution in [0.3, 0.4) is 0 Å². The van der Waals surface area contributed by atoms with Gasteiger partial charge in [-0.2, -0.15) is 0 Å². The number of fused-ring (bicyclic) bond motifs is 1. The van der Waals surface area contributed by atoms with Crippen LogP contribution in [0.15, 0.2) is 0 Å². The number of ether oxygens (including phenoxy) is 1. The molecule has 4 nitrogen and oxygen atoms in total. The van der Waals surface area contributed by atoms with Crippen molar-refractivity contribution in [2.75, 3.05) is 45.9 Å². The monoisotopic (exact) mass is 408 g/mol. The Morgan fingerprint density at radius 1 is 0.966 bits per heavy atom. The summed E-state index contributed by atoms with van der Waals surface area (Å²) in [7, 11) is 0. The lowest BCUT2D eigenvalue weighted by atomic mass is 9.75. The van der Waals surface area contributed by atoms with Crippen LogP contribution in [-0.2, 0) is 4.74 Å². The van der Waals surface area contributed by atoms with Crippen molar-refractivity contribution in [2.45, 2.75) is 105 Å². The van der Waals surface area contributed by atoms with Crippen molar-refractivity contribution in [1.29, 1.82) is 0 Å². The number of unbranched alkanes of at least 4 members (excludes halogenated alkanes) is 2. The van der Waals surface area contributed by atoms with E-state index in [1.165, 1.54) is 90.5 Å². The molecule has 0 aromatic rings. The number of hydrogen-bond donors (Lipinski definition) is 0. The maximum Gasteiger partial charge on any atom is 0.212 e. The van der Waals surface area contributed by atoms with Crippen LogP contribution in [0.4, 0.5) is 0 Å². The quantitative estimate of drug-likeness (QED) is 0.381. The molecule has 3 saturated heterocycles. The highest BCUT2D eigenvalue weighted by molar-refractivity contribution is 4.82. The molecular formula is C25H50N3O+. The van der Waals surface area contributed by atoms with Crippen LogP contribution in [0.2, 0.25) is 0 Å². The molecule has 0 aliphatic carbocycles. The summed E-state index contributed by atoms with van der Waals surface area (Å²) in [6.45, 7) is 20.3. The molecule has 3 fully saturated rings. The van der Waals surface area contributed by atoms with Crippen LogP contribution < -0.4 is 0 Å². The van der Waals surface area contributed by atoms with E-state index in [9.17, 15) is 0 Å². The summed E-state index contributed by atoms with van der Waals surface area (Å²) < 4.78 is 7.84. The fraction of sp³-hybridized carbons (Fsp3) is 1.00. The van der Waals surface area contributed by atoms with Crippen LogP contribution in [0, 0.1) is 11.3 Å². The maximum atomic E-state index is 6.72. The van der Waals surface area contributed by atoms with Crippen LogP contribution in [0.1, 0.15) is 92.4 Å². The van der Waals surface area contributed by atoms with Crippen molar-refractivity contribution < 1.29 is 9.33 Å². The second-order valence-corrected chi connectivity index (χ2v) is 11.1. The van der Waals surface area contributed by atoms with Crippen molar-refractivity contribution in [3.63, 3.8) is 0 Å². The Balaban J connectivity index is 1.53. The summed E-state index contributed by atoms with van der Waals surface area (Å²) in [5.41, 5.74) is 0.466. The first-order valence-corrected chi connectivity index (χ1v) is 12.9. The molecule has 3 unspecified atom stereocenters. The van der Waals surface area contributed by atoms with E-state index in [1.807, 2.05) is 0 Å². The minimum absolute atomic E-state index is 0.395. The van der Waals surface area contributed by atoms with E-state index in [-0.39, 0.29) is 0 Å². The molecule has 4 heteroatoms. The molecule has 0 spiro atoms. The van der Waals surface area contributed by atoms with E-state index in [0.29, 0.717) is 11.6 Å². The second-order valence-electron chi connectivity index (χ2n) is 11.1. The SMILES string of the molecule is CCCCC[N+]1(CC)C(OCCN2CCC(C(C)(C)C)CC2)CC2CCCCN21. The Morgan fingerprint density at radius 2 is 1.72 bits per heavy atom. The maximum absolute atomic E-state index is 6.72. The normalized spacial score (nSPS) is 32.6. The third-order valence-corrected chi connectivity index (χ3v) is 8.34. The molecule has 3 heterocycles. The highest BCUT2D eigenvalue weighted by Gasteiger charge is 2.53. The van der Waals surface area contributed by atoms with Gasteiger partial charge in [0.05, 0.1) is 25.7 Å². The van der Waals surface area contributed by atoms with Crippen LogP contribution in [0.25, 0.3) is 0 Å². The standard InChI is InChI=1S/C25H50N3O/c1-6-8-11-19-28(7-2)24(21-23-12-9-10-15-27(23)28)29-20-18-26-16-13-22(14-17-26)25(3,4)5/h22-24H,6-21H2,1-5H3/q+1.